The van der Waals surface area contributed by atoms with Crippen molar-refractivity contribution in [2.24, 2.45) is 0 Å². The highest BCUT2D eigenvalue weighted by molar-refractivity contribution is 7.18. The lowest BCUT2D eigenvalue weighted by molar-refractivity contribution is 0.0541. The van der Waals surface area contributed by atoms with Crippen molar-refractivity contribution >= 4 is 38.5 Å². The van der Waals surface area contributed by atoms with Gasteiger partial charge < -0.3 is 14.6 Å². The van der Waals surface area contributed by atoms with Crippen LogP contribution in [-0.2, 0) is 17.8 Å². The number of para-hydroxylation sites is 1. The van der Waals surface area contributed by atoms with Crippen molar-refractivity contribution in [1.82, 2.24) is 9.55 Å². The Morgan fingerprint density at radius 3 is 2.68 bits per heavy atom. The van der Waals surface area contributed by atoms with E-state index in [1.807, 2.05) is 70.2 Å². The highest BCUT2D eigenvalue weighted by Gasteiger charge is 2.24. The molecule has 2 heterocycles. The van der Waals surface area contributed by atoms with Gasteiger partial charge in [-0.3, -0.25) is 0 Å². The second-order valence-corrected chi connectivity index (χ2v) is 9.51. The summed E-state index contributed by atoms with van der Waals surface area (Å²) in [6, 6.07) is 13.6. The third-order valence-corrected chi connectivity index (χ3v) is 5.95. The van der Waals surface area contributed by atoms with Gasteiger partial charge in [0.1, 0.15) is 23.0 Å². The molecule has 0 aliphatic carbocycles. The molecule has 0 amide bonds. The second kappa shape index (κ2) is 8.32. The van der Waals surface area contributed by atoms with Crippen LogP contribution >= 0.6 is 11.3 Å². The van der Waals surface area contributed by atoms with Crippen LogP contribution in [0.3, 0.4) is 0 Å². The van der Waals surface area contributed by atoms with E-state index in [1.165, 1.54) is 0 Å². The van der Waals surface area contributed by atoms with Crippen molar-refractivity contribution in [2.75, 3.05) is 6.61 Å². The fraction of sp³-hybridized carbons (Fsp3) is 0.333. The van der Waals surface area contributed by atoms with E-state index >= 15 is 0 Å². The summed E-state index contributed by atoms with van der Waals surface area (Å²) in [6.45, 7) is 7.76. The smallest absolute Gasteiger partial charge is 0.419 e. The quantitative estimate of drug-likeness (QED) is 0.448. The Kier molecular flexibility index (Phi) is 5.73. The molecule has 1 N–H and O–H groups in total. The molecule has 0 fully saturated rings. The molecule has 6 nitrogen and oxygen atoms in total. The van der Waals surface area contributed by atoms with Crippen LogP contribution in [0.1, 0.15) is 37.0 Å². The lowest BCUT2D eigenvalue weighted by Crippen LogP contribution is -2.27. The molecule has 4 aromatic rings. The minimum Gasteiger partial charge on any atom is -0.486 e. The Morgan fingerprint density at radius 2 is 1.97 bits per heavy atom. The zero-order valence-corrected chi connectivity index (χ0v) is 19.0. The van der Waals surface area contributed by atoms with Crippen molar-refractivity contribution in [3.8, 4) is 5.75 Å². The minimum absolute atomic E-state index is 0.00887. The van der Waals surface area contributed by atoms with Crippen LogP contribution in [0.25, 0.3) is 21.1 Å². The van der Waals surface area contributed by atoms with Crippen molar-refractivity contribution in [3.63, 3.8) is 0 Å². The van der Waals surface area contributed by atoms with Gasteiger partial charge in [-0.1, -0.05) is 12.1 Å². The van der Waals surface area contributed by atoms with E-state index in [2.05, 4.69) is 4.98 Å². The number of nitrogens with zero attached hydrogens (tertiary/aromatic N) is 2. The number of fused-ring (bicyclic) bond motifs is 2. The maximum atomic E-state index is 12.8. The van der Waals surface area contributed by atoms with Gasteiger partial charge in [0.25, 0.3) is 0 Å². The first kappa shape index (κ1) is 21.3. The third-order valence-electron chi connectivity index (χ3n) is 4.94. The maximum absolute atomic E-state index is 12.8. The van der Waals surface area contributed by atoms with Gasteiger partial charge in [0.05, 0.1) is 15.7 Å². The minimum atomic E-state index is -0.600. The average molecular weight is 439 g/mol. The van der Waals surface area contributed by atoms with Gasteiger partial charge >= 0.3 is 6.09 Å². The molecule has 7 heteroatoms. The topological polar surface area (TPSA) is 73.6 Å². The van der Waals surface area contributed by atoms with Crippen LogP contribution in [0.2, 0.25) is 0 Å². The predicted molar refractivity (Wildman–Crippen MR) is 123 cm³/mol. The average Bonchev–Trinajstić information content (AvgIpc) is 3.24. The van der Waals surface area contributed by atoms with E-state index in [-0.39, 0.29) is 6.61 Å². The van der Waals surface area contributed by atoms with Crippen LogP contribution in [0.5, 0.6) is 5.75 Å². The largest absolute Gasteiger partial charge is 0.486 e. The molecular formula is C24H26N2O4S. The number of hydrogen-bond donors (Lipinski definition) is 1. The van der Waals surface area contributed by atoms with Gasteiger partial charge in [-0.05, 0) is 70.0 Å². The summed E-state index contributed by atoms with van der Waals surface area (Å²) in [5, 5.41) is 11.3. The van der Waals surface area contributed by atoms with E-state index < -0.39 is 11.7 Å². The predicted octanol–water partition coefficient (Wildman–Crippen LogP) is 5.46. The standard InChI is InChI=1S/C24H26N2O4S/c1-15-17(11-12-27)18-13-16(9-10-20(18)26(15)23(28)30-24(2,3)4)29-14-22-25-19-7-5-6-8-21(19)31-22/h5-10,13,27H,11-12,14H2,1-4H3. The SMILES string of the molecule is Cc1c(CCO)c2cc(OCc3nc4ccccc4s3)ccc2n1C(=O)OC(C)(C)C. The second-order valence-electron chi connectivity index (χ2n) is 8.40. The molecule has 4 rings (SSSR count). The first-order chi connectivity index (χ1) is 14.8. The number of carbonyl (C=O) groups excluding carboxylic acids is 1. The Labute approximate surface area is 185 Å². The zero-order chi connectivity index (χ0) is 22.2. The number of aliphatic hydroxyl groups is 1. The van der Waals surface area contributed by atoms with Crippen molar-refractivity contribution < 1.29 is 19.4 Å². The number of carbonyl (C=O) groups is 1. The summed E-state index contributed by atoms with van der Waals surface area (Å²) in [4.78, 5) is 17.4. The number of aliphatic hydroxyl groups excluding tert-OH is 1. The Hall–Kier alpha value is -2.90. The highest BCUT2D eigenvalue weighted by atomic mass is 32.1. The molecule has 162 valence electrons. The van der Waals surface area contributed by atoms with Gasteiger partial charge in [-0.2, -0.15) is 0 Å². The first-order valence-corrected chi connectivity index (χ1v) is 11.0. The Bertz CT molecular complexity index is 1220. The molecule has 0 atom stereocenters. The Morgan fingerprint density at radius 1 is 1.19 bits per heavy atom. The van der Waals surface area contributed by atoms with Crippen molar-refractivity contribution in [3.05, 3.63) is 58.7 Å². The van der Waals surface area contributed by atoms with E-state index in [1.54, 1.807) is 15.9 Å². The van der Waals surface area contributed by atoms with Crippen LogP contribution in [-0.4, -0.2) is 33.0 Å². The van der Waals surface area contributed by atoms with Gasteiger partial charge in [-0.15, -0.1) is 11.3 Å². The molecule has 0 unspecified atom stereocenters. The summed E-state index contributed by atoms with van der Waals surface area (Å²) >= 11 is 1.61. The van der Waals surface area contributed by atoms with Crippen LogP contribution in [0, 0.1) is 6.92 Å². The molecule has 2 aromatic heterocycles. The first-order valence-electron chi connectivity index (χ1n) is 10.2. The summed E-state index contributed by atoms with van der Waals surface area (Å²) in [7, 11) is 0. The monoisotopic (exact) mass is 438 g/mol. The lowest BCUT2D eigenvalue weighted by Gasteiger charge is -2.20. The zero-order valence-electron chi connectivity index (χ0n) is 18.1. The number of rotatable bonds is 5. The lowest BCUT2D eigenvalue weighted by atomic mass is 10.1. The van der Waals surface area contributed by atoms with Crippen LogP contribution in [0.15, 0.2) is 42.5 Å². The van der Waals surface area contributed by atoms with Gasteiger partial charge in [0.15, 0.2) is 0 Å². The van der Waals surface area contributed by atoms with E-state index in [9.17, 15) is 9.90 Å². The number of ether oxygens (including phenoxy) is 2. The van der Waals surface area contributed by atoms with E-state index in [0.29, 0.717) is 18.8 Å². The molecule has 0 aliphatic rings. The molecule has 0 bridgehead atoms. The molecule has 31 heavy (non-hydrogen) atoms. The number of benzene rings is 2. The van der Waals surface area contributed by atoms with Crippen molar-refractivity contribution in [2.45, 2.75) is 46.3 Å². The fourth-order valence-corrected chi connectivity index (χ4v) is 4.53. The summed E-state index contributed by atoms with van der Waals surface area (Å²) in [5.74, 6) is 0.687. The highest BCUT2D eigenvalue weighted by Crippen LogP contribution is 2.31. The van der Waals surface area contributed by atoms with E-state index in [4.69, 9.17) is 9.47 Å². The number of hydrogen-bond acceptors (Lipinski definition) is 6. The maximum Gasteiger partial charge on any atom is 0.419 e. The summed E-state index contributed by atoms with van der Waals surface area (Å²) in [5.41, 5.74) is 2.78. The fourth-order valence-electron chi connectivity index (χ4n) is 3.65. The summed E-state index contributed by atoms with van der Waals surface area (Å²) < 4.78 is 14.3. The molecule has 0 aliphatic heterocycles. The third kappa shape index (κ3) is 4.43. The van der Waals surface area contributed by atoms with E-state index in [0.717, 1.165) is 37.4 Å². The summed E-state index contributed by atoms with van der Waals surface area (Å²) in [6.07, 6.45) is 0.0155. The molecule has 0 radical (unpaired) electrons. The number of thiazole rings is 1. The van der Waals surface area contributed by atoms with Gasteiger partial charge in [0, 0.05) is 17.7 Å². The van der Waals surface area contributed by atoms with Crippen molar-refractivity contribution in [1.29, 1.82) is 0 Å². The molecular weight excluding hydrogens is 412 g/mol. The van der Waals surface area contributed by atoms with Crippen LogP contribution < -0.4 is 4.74 Å². The Balaban J connectivity index is 1.65. The molecule has 0 spiro atoms. The normalized spacial score (nSPS) is 11.9. The molecule has 0 saturated carbocycles. The van der Waals surface area contributed by atoms with Crippen LogP contribution in [0.4, 0.5) is 4.79 Å². The molecule has 2 aromatic carbocycles. The molecule has 0 saturated heterocycles. The van der Waals surface area contributed by atoms with Gasteiger partial charge in [-0.25, -0.2) is 14.3 Å². The number of aromatic nitrogens is 2. The van der Waals surface area contributed by atoms with Gasteiger partial charge in [0.2, 0.25) is 0 Å².